The van der Waals surface area contributed by atoms with Crippen LogP contribution in [-0.4, -0.2) is 48.9 Å². The number of aliphatic hydroxyl groups is 1. The first-order valence-corrected chi connectivity index (χ1v) is 9.46. The highest BCUT2D eigenvalue weighted by atomic mass is 35.5. The first-order chi connectivity index (χ1) is 12.5. The Hall–Kier alpha value is -1.34. The number of halogens is 1. The molecule has 1 aromatic rings. The van der Waals surface area contributed by atoms with Gasteiger partial charge in [-0.05, 0) is 30.5 Å². The van der Waals surface area contributed by atoms with Crippen LogP contribution in [0.15, 0.2) is 24.3 Å². The van der Waals surface area contributed by atoms with Crippen molar-refractivity contribution in [3.05, 3.63) is 29.3 Å². The summed E-state index contributed by atoms with van der Waals surface area (Å²) in [5.74, 6) is -0.230. The summed E-state index contributed by atoms with van der Waals surface area (Å²) in [6.45, 7) is 1.28. The number of rotatable bonds is 6. The van der Waals surface area contributed by atoms with E-state index in [4.69, 9.17) is 30.5 Å². The molecule has 4 unspecified atom stereocenters. The molecule has 3 aliphatic rings. The number of esters is 1. The molecule has 7 heteroatoms. The fraction of sp³-hybridized carbons (Fsp3) is 0.632. The molecule has 1 N–H and O–H groups in total. The predicted octanol–water partition coefficient (Wildman–Crippen LogP) is 2.55. The first kappa shape index (κ1) is 18.0. The van der Waals surface area contributed by atoms with Crippen molar-refractivity contribution in [2.24, 2.45) is 11.8 Å². The Bertz CT molecular complexity index is 659. The van der Waals surface area contributed by atoms with Crippen LogP contribution in [0.4, 0.5) is 0 Å². The van der Waals surface area contributed by atoms with Crippen molar-refractivity contribution in [3.63, 3.8) is 0 Å². The van der Waals surface area contributed by atoms with Gasteiger partial charge in [-0.2, -0.15) is 0 Å². The Labute approximate surface area is 157 Å². The highest BCUT2D eigenvalue weighted by Gasteiger charge is 2.50. The standard InChI is InChI=1S/C19H23ClO6/c20-12-2-1-3-13(8-12)23-11-19(24-6-7-25-19)5-4-14-15-9-18(22)26-17(15)10-16(14)21/h1-3,8,14-17,21H,4-7,9-11H2. The largest absolute Gasteiger partial charge is 0.488 e. The molecule has 2 aliphatic heterocycles. The lowest BCUT2D eigenvalue weighted by molar-refractivity contribution is -0.185. The molecule has 1 aromatic carbocycles. The van der Waals surface area contributed by atoms with Gasteiger partial charge in [-0.25, -0.2) is 0 Å². The number of fused-ring (bicyclic) bond motifs is 1. The molecule has 0 radical (unpaired) electrons. The second kappa shape index (κ2) is 7.35. The van der Waals surface area contributed by atoms with Crippen LogP contribution in [0.5, 0.6) is 5.75 Å². The molecule has 0 bridgehead atoms. The van der Waals surface area contributed by atoms with Gasteiger partial charge in [0.05, 0.1) is 25.7 Å². The topological polar surface area (TPSA) is 74.2 Å². The normalized spacial score (nSPS) is 32.5. The van der Waals surface area contributed by atoms with Gasteiger partial charge >= 0.3 is 5.97 Å². The van der Waals surface area contributed by atoms with E-state index in [2.05, 4.69) is 0 Å². The van der Waals surface area contributed by atoms with E-state index in [9.17, 15) is 9.90 Å². The summed E-state index contributed by atoms with van der Waals surface area (Å²) in [6.07, 6.45) is 1.59. The van der Waals surface area contributed by atoms with E-state index in [-0.39, 0.29) is 30.5 Å². The van der Waals surface area contributed by atoms with E-state index in [0.717, 1.165) is 0 Å². The third-order valence-corrected chi connectivity index (χ3v) is 5.84. The number of benzene rings is 1. The van der Waals surface area contributed by atoms with Crippen LogP contribution in [0, 0.1) is 11.8 Å². The molecule has 0 aromatic heterocycles. The minimum Gasteiger partial charge on any atom is -0.488 e. The lowest BCUT2D eigenvalue weighted by Gasteiger charge is -2.30. The van der Waals surface area contributed by atoms with Gasteiger partial charge in [0.2, 0.25) is 5.79 Å². The van der Waals surface area contributed by atoms with Gasteiger partial charge in [-0.15, -0.1) is 0 Å². The van der Waals surface area contributed by atoms with Gasteiger partial charge in [-0.1, -0.05) is 17.7 Å². The van der Waals surface area contributed by atoms with Crippen LogP contribution in [-0.2, 0) is 19.0 Å². The average Bonchev–Trinajstić information content (AvgIpc) is 3.27. The number of aliphatic hydroxyl groups excluding tert-OH is 1. The highest BCUT2D eigenvalue weighted by Crippen LogP contribution is 2.44. The number of carbonyl (C=O) groups is 1. The molecule has 4 atom stereocenters. The second-order valence-electron chi connectivity index (χ2n) is 7.26. The Morgan fingerprint density at radius 1 is 1.31 bits per heavy atom. The second-order valence-corrected chi connectivity index (χ2v) is 7.69. The molecule has 3 fully saturated rings. The maximum absolute atomic E-state index is 11.5. The summed E-state index contributed by atoms with van der Waals surface area (Å²) in [5, 5.41) is 11.0. The van der Waals surface area contributed by atoms with Crippen LogP contribution in [0.1, 0.15) is 25.7 Å². The zero-order valence-electron chi connectivity index (χ0n) is 14.4. The smallest absolute Gasteiger partial charge is 0.306 e. The van der Waals surface area contributed by atoms with Crippen molar-refractivity contribution in [1.29, 1.82) is 0 Å². The molecule has 26 heavy (non-hydrogen) atoms. The lowest BCUT2D eigenvalue weighted by atomic mass is 9.87. The fourth-order valence-electron chi connectivity index (χ4n) is 4.32. The van der Waals surface area contributed by atoms with Crippen LogP contribution in [0.3, 0.4) is 0 Å². The SMILES string of the molecule is O=C1CC2C(CC(O)C2CCC2(COc3cccc(Cl)c3)OCCO2)O1. The average molecular weight is 383 g/mol. The molecule has 2 saturated heterocycles. The van der Waals surface area contributed by atoms with Crippen LogP contribution >= 0.6 is 11.6 Å². The van der Waals surface area contributed by atoms with E-state index in [1.165, 1.54) is 0 Å². The van der Waals surface area contributed by atoms with Crippen LogP contribution in [0.2, 0.25) is 5.02 Å². The highest BCUT2D eigenvalue weighted by molar-refractivity contribution is 6.30. The lowest BCUT2D eigenvalue weighted by Crippen LogP contribution is -2.38. The fourth-order valence-corrected chi connectivity index (χ4v) is 4.50. The maximum Gasteiger partial charge on any atom is 0.306 e. The summed E-state index contributed by atoms with van der Waals surface area (Å²) in [6, 6.07) is 7.20. The third-order valence-electron chi connectivity index (χ3n) is 5.61. The molecular weight excluding hydrogens is 360 g/mol. The molecular formula is C19H23ClO6. The summed E-state index contributed by atoms with van der Waals surface area (Å²) >= 11 is 5.99. The van der Waals surface area contributed by atoms with Gasteiger partial charge in [0, 0.05) is 23.8 Å². The Morgan fingerprint density at radius 3 is 2.88 bits per heavy atom. The quantitative estimate of drug-likeness (QED) is 0.762. The van der Waals surface area contributed by atoms with Crippen molar-refractivity contribution >= 4 is 17.6 Å². The van der Waals surface area contributed by atoms with Crippen molar-refractivity contribution in [2.45, 2.75) is 43.7 Å². The summed E-state index contributed by atoms with van der Waals surface area (Å²) in [7, 11) is 0. The van der Waals surface area contributed by atoms with Crippen molar-refractivity contribution in [2.75, 3.05) is 19.8 Å². The zero-order chi connectivity index (χ0) is 18.1. The number of hydrogen-bond acceptors (Lipinski definition) is 6. The Kier molecular flexibility index (Phi) is 5.10. The van der Waals surface area contributed by atoms with E-state index in [1.807, 2.05) is 12.1 Å². The van der Waals surface area contributed by atoms with E-state index < -0.39 is 11.9 Å². The van der Waals surface area contributed by atoms with Crippen molar-refractivity contribution in [3.8, 4) is 5.75 Å². The number of carbonyl (C=O) groups excluding carboxylic acids is 1. The van der Waals surface area contributed by atoms with E-state index >= 15 is 0 Å². The molecule has 0 spiro atoms. The molecule has 2 heterocycles. The van der Waals surface area contributed by atoms with Gasteiger partial charge in [0.15, 0.2) is 0 Å². The first-order valence-electron chi connectivity index (χ1n) is 9.08. The third kappa shape index (κ3) is 3.69. The van der Waals surface area contributed by atoms with Gasteiger partial charge in [0.25, 0.3) is 0 Å². The minimum absolute atomic E-state index is 0.0160. The van der Waals surface area contributed by atoms with Gasteiger partial charge in [-0.3, -0.25) is 4.79 Å². The summed E-state index contributed by atoms with van der Waals surface area (Å²) in [5.41, 5.74) is 0. The Balaban J connectivity index is 1.38. The Morgan fingerprint density at radius 2 is 2.12 bits per heavy atom. The minimum atomic E-state index is -0.830. The van der Waals surface area contributed by atoms with Crippen molar-refractivity contribution < 1.29 is 28.8 Å². The van der Waals surface area contributed by atoms with Crippen molar-refractivity contribution in [1.82, 2.24) is 0 Å². The van der Waals surface area contributed by atoms with E-state index in [0.29, 0.717) is 49.7 Å². The molecule has 1 aliphatic carbocycles. The summed E-state index contributed by atoms with van der Waals surface area (Å²) in [4.78, 5) is 11.5. The van der Waals surface area contributed by atoms with E-state index in [1.54, 1.807) is 12.1 Å². The molecule has 142 valence electrons. The predicted molar refractivity (Wildman–Crippen MR) is 92.9 cm³/mol. The zero-order valence-corrected chi connectivity index (χ0v) is 15.2. The molecule has 1 saturated carbocycles. The maximum atomic E-state index is 11.5. The molecule has 6 nitrogen and oxygen atoms in total. The number of ether oxygens (including phenoxy) is 4. The molecule has 0 amide bonds. The monoisotopic (exact) mass is 382 g/mol. The van der Waals surface area contributed by atoms with Gasteiger partial charge < -0.3 is 24.1 Å². The molecule has 4 rings (SSSR count). The van der Waals surface area contributed by atoms with Crippen LogP contribution in [0.25, 0.3) is 0 Å². The van der Waals surface area contributed by atoms with Crippen LogP contribution < -0.4 is 4.74 Å². The summed E-state index contributed by atoms with van der Waals surface area (Å²) < 4.78 is 22.9. The van der Waals surface area contributed by atoms with Gasteiger partial charge in [0.1, 0.15) is 18.5 Å². The number of hydrogen-bond donors (Lipinski definition) is 1.